The standard InChI is InChI=1S/C28H34N2O5S.ClH/c1-29(36(33,34)17-19-5-3-2-4-6-19)21-11-12-28(32)23-15-20-9-10-22(31)25-24(20)27(28,26(21)35-25)13-14-30(23)16-18-7-8-18;/h2-6,9-10,18,21,23,26,31-32H,7-8,11-17H2,1H3;1H/t21-,23+,26-,27-,28+;/m0./s1. The molecule has 200 valence electrons. The molecular formula is C28H35ClN2O5S. The number of halogens is 1. The van der Waals surface area contributed by atoms with E-state index in [2.05, 4.69) is 4.90 Å². The van der Waals surface area contributed by atoms with Crippen LogP contribution in [0.4, 0.5) is 0 Å². The van der Waals surface area contributed by atoms with E-state index in [0.29, 0.717) is 25.0 Å². The first-order valence-electron chi connectivity index (χ1n) is 13.2. The van der Waals surface area contributed by atoms with E-state index in [9.17, 15) is 18.6 Å². The quantitative estimate of drug-likeness (QED) is 0.578. The van der Waals surface area contributed by atoms with Crippen molar-refractivity contribution in [3.8, 4) is 11.5 Å². The highest BCUT2D eigenvalue weighted by atomic mass is 35.5. The molecule has 0 aromatic heterocycles. The molecule has 2 heterocycles. The van der Waals surface area contributed by atoms with Gasteiger partial charge in [0.05, 0.1) is 22.8 Å². The fraction of sp³-hybridized carbons (Fsp3) is 0.571. The van der Waals surface area contributed by atoms with Gasteiger partial charge in [0.25, 0.3) is 0 Å². The summed E-state index contributed by atoms with van der Waals surface area (Å²) in [6, 6.07) is 12.5. The van der Waals surface area contributed by atoms with Crippen molar-refractivity contribution in [2.45, 2.75) is 73.5 Å². The average molecular weight is 547 g/mol. The van der Waals surface area contributed by atoms with Gasteiger partial charge >= 0.3 is 0 Å². The Balaban J connectivity index is 0.00000252. The predicted molar refractivity (Wildman–Crippen MR) is 143 cm³/mol. The molecule has 2 aliphatic heterocycles. The summed E-state index contributed by atoms with van der Waals surface area (Å²) in [5, 5.41) is 23.4. The van der Waals surface area contributed by atoms with Crippen LogP contribution in [0.3, 0.4) is 0 Å². The van der Waals surface area contributed by atoms with Gasteiger partial charge in [0.2, 0.25) is 10.0 Å². The summed E-state index contributed by atoms with van der Waals surface area (Å²) >= 11 is 0. The average Bonchev–Trinajstić information content (AvgIpc) is 3.59. The third-order valence-corrected chi connectivity index (χ3v) is 11.7. The Hall–Kier alpha value is -1.84. The molecule has 0 unspecified atom stereocenters. The second kappa shape index (κ2) is 8.58. The molecular weight excluding hydrogens is 512 g/mol. The Kier molecular flexibility index (Phi) is 5.90. The van der Waals surface area contributed by atoms with Gasteiger partial charge in [-0.15, -0.1) is 12.4 Å². The van der Waals surface area contributed by atoms with Gasteiger partial charge in [-0.05, 0) is 68.2 Å². The number of sulfonamides is 1. The fourth-order valence-corrected chi connectivity index (χ4v) is 9.37. The maximum absolute atomic E-state index is 13.6. The van der Waals surface area contributed by atoms with Crippen LogP contribution in [0.15, 0.2) is 42.5 Å². The lowest BCUT2D eigenvalue weighted by Gasteiger charge is -2.64. The number of nitrogens with zero attached hydrogens (tertiary/aromatic N) is 2. The van der Waals surface area contributed by atoms with Crippen molar-refractivity contribution in [1.82, 2.24) is 9.21 Å². The van der Waals surface area contributed by atoms with Gasteiger partial charge in [-0.2, -0.15) is 4.31 Å². The highest BCUT2D eigenvalue weighted by Gasteiger charge is 2.73. The third kappa shape index (κ3) is 3.52. The van der Waals surface area contributed by atoms with Crippen LogP contribution >= 0.6 is 12.4 Å². The van der Waals surface area contributed by atoms with Crippen molar-refractivity contribution in [1.29, 1.82) is 0 Å². The Morgan fingerprint density at radius 2 is 1.86 bits per heavy atom. The number of phenols is 1. The van der Waals surface area contributed by atoms with Crippen LogP contribution in [0, 0.1) is 5.92 Å². The number of benzene rings is 2. The highest BCUT2D eigenvalue weighted by Crippen LogP contribution is 2.66. The highest BCUT2D eigenvalue weighted by molar-refractivity contribution is 7.88. The number of phenolic OH excluding ortho intramolecular Hbond substituents is 1. The second-order valence-corrected chi connectivity index (χ2v) is 13.7. The van der Waals surface area contributed by atoms with Crippen molar-refractivity contribution >= 4 is 22.4 Å². The minimum absolute atomic E-state index is 0. The normalized spacial score (nSPS) is 34.0. The fourth-order valence-electron chi connectivity index (χ4n) is 7.92. The summed E-state index contributed by atoms with van der Waals surface area (Å²) in [5.74, 6) is 1.17. The van der Waals surface area contributed by atoms with Crippen LogP contribution in [0.2, 0.25) is 0 Å². The van der Waals surface area contributed by atoms with Crippen molar-refractivity contribution in [3.05, 3.63) is 59.2 Å². The monoisotopic (exact) mass is 546 g/mol. The number of likely N-dealkylation sites (N-methyl/N-ethyl adjacent to an activating group) is 1. The van der Waals surface area contributed by atoms with Gasteiger partial charge in [-0.25, -0.2) is 8.42 Å². The molecule has 2 aromatic carbocycles. The summed E-state index contributed by atoms with van der Waals surface area (Å²) in [6.45, 7) is 1.87. The number of hydrogen-bond acceptors (Lipinski definition) is 6. The van der Waals surface area contributed by atoms with E-state index < -0.39 is 33.2 Å². The number of hydrogen-bond donors (Lipinski definition) is 2. The lowest BCUT2D eigenvalue weighted by atomic mass is 9.48. The lowest BCUT2D eigenvalue weighted by Crippen LogP contribution is -2.78. The van der Waals surface area contributed by atoms with Gasteiger partial charge in [-0.3, -0.25) is 4.90 Å². The zero-order valence-electron chi connectivity index (χ0n) is 21.0. The van der Waals surface area contributed by atoms with E-state index in [4.69, 9.17) is 4.74 Å². The molecule has 7 rings (SSSR count). The van der Waals surface area contributed by atoms with E-state index in [1.165, 1.54) is 17.1 Å². The lowest BCUT2D eigenvalue weighted by molar-refractivity contribution is -0.195. The van der Waals surface area contributed by atoms with E-state index in [0.717, 1.165) is 42.1 Å². The van der Waals surface area contributed by atoms with Gasteiger partial charge in [-0.1, -0.05) is 36.4 Å². The number of aliphatic hydroxyl groups is 1. The van der Waals surface area contributed by atoms with E-state index in [-0.39, 0.29) is 30.0 Å². The molecule has 2 saturated carbocycles. The molecule has 5 aliphatic rings. The van der Waals surface area contributed by atoms with Crippen LogP contribution < -0.4 is 4.74 Å². The Morgan fingerprint density at radius 3 is 2.59 bits per heavy atom. The number of piperidine rings is 1. The molecule has 9 heteroatoms. The molecule has 2 N–H and O–H groups in total. The van der Waals surface area contributed by atoms with Gasteiger partial charge in [0.15, 0.2) is 11.5 Å². The van der Waals surface area contributed by atoms with Crippen LogP contribution in [0.25, 0.3) is 0 Å². The Morgan fingerprint density at radius 1 is 1.11 bits per heavy atom. The van der Waals surface area contributed by atoms with Crippen LogP contribution in [0.5, 0.6) is 11.5 Å². The maximum atomic E-state index is 13.6. The molecule has 3 aliphatic carbocycles. The largest absolute Gasteiger partial charge is 0.504 e. The van der Waals surface area contributed by atoms with Gasteiger partial charge < -0.3 is 14.9 Å². The Bertz CT molecular complexity index is 1320. The first kappa shape index (κ1) is 25.4. The third-order valence-electron chi connectivity index (χ3n) is 9.83. The van der Waals surface area contributed by atoms with Crippen LogP contribution in [-0.4, -0.2) is 71.8 Å². The number of rotatable bonds is 6. The molecule has 3 fully saturated rings. The summed E-state index contributed by atoms with van der Waals surface area (Å²) < 4.78 is 35.2. The first-order chi connectivity index (χ1) is 17.2. The molecule has 1 spiro atoms. The maximum Gasteiger partial charge on any atom is 0.218 e. The second-order valence-electron chi connectivity index (χ2n) is 11.7. The van der Waals surface area contributed by atoms with E-state index >= 15 is 0 Å². The Labute approximate surface area is 224 Å². The van der Waals surface area contributed by atoms with Crippen molar-refractivity contribution < 1.29 is 23.4 Å². The van der Waals surface area contributed by atoms with Crippen molar-refractivity contribution in [2.75, 3.05) is 20.1 Å². The molecule has 0 radical (unpaired) electrons. The minimum Gasteiger partial charge on any atom is -0.504 e. The minimum atomic E-state index is -3.63. The van der Waals surface area contributed by atoms with E-state index in [1.807, 2.05) is 36.4 Å². The zero-order chi connectivity index (χ0) is 24.9. The van der Waals surface area contributed by atoms with Crippen LogP contribution in [0.1, 0.15) is 48.8 Å². The summed E-state index contributed by atoms with van der Waals surface area (Å²) in [4.78, 5) is 2.49. The van der Waals surface area contributed by atoms with Crippen LogP contribution in [-0.2, 0) is 27.6 Å². The number of likely N-dealkylation sites (tertiary alicyclic amines) is 1. The molecule has 5 atom stereocenters. The molecule has 1 saturated heterocycles. The topological polar surface area (TPSA) is 90.3 Å². The molecule has 2 bridgehead atoms. The smallest absolute Gasteiger partial charge is 0.218 e. The summed E-state index contributed by atoms with van der Waals surface area (Å²) in [7, 11) is -1.98. The first-order valence-corrected chi connectivity index (χ1v) is 14.8. The van der Waals surface area contributed by atoms with Gasteiger partial charge in [0, 0.05) is 25.2 Å². The SMILES string of the molecule is CN([C@H]1CC[C@@]2(O)[C@H]3Cc4ccc(O)c5c4[C@@]2(CCN3CC2CC2)[C@H]1O5)S(=O)(=O)Cc1ccccc1.Cl. The molecule has 2 aromatic rings. The van der Waals surface area contributed by atoms with Gasteiger partial charge in [0.1, 0.15) is 6.10 Å². The predicted octanol–water partition coefficient (Wildman–Crippen LogP) is 3.21. The summed E-state index contributed by atoms with van der Waals surface area (Å²) in [5.41, 5.74) is 1.05. The van der Waals surface area contributed by atoms with Crippen molar-refractivity contribution in [2.24, 2.45) is 5.92 Å². The van der Waals surface area contributed by atoms with E-state index in [1.54, 1.807) is 13.1 Å². The molecule has 37 heavy (non-hydrogen) atoms. The zero-order valence-corrected chi connectivity index (χ0v) is 22.7. The van der Waals surface area contributed by atoms with Crippen molar-refractivity contribution in [3.63, 3.8) is 0 Å². The number of ether oxygens (including phenoxy) is 1. The molecule has 0 amide bonds. The molecule has 7 nitrogen and oxygen atoms in total. The summed E-state index contributed by atoms with van der Waals surface area (Å²) in [6.07, 6.45) is 4.45. The number of aromatic hydroxyl groups is 1.